The number of ether oxygens (including phenoxy) is 1. The van der Waals surface area contributed by atoms with Gasteiger partial charge in [-0.05, 0) is 56.0 Å². The van der Waals surface area contributed by atoms with Crippen LogP contribution in [0.1, 0.15) is 30.5 Å². The first-order valence-corrected chi connectivity index (χ1v) is 9.26. The van der Waals surface area contributed by atoms with E-state index in [1.165, 1.54) is 30.0 Å². The molecular formula is C20H16F4O2S. The van der Waals surface area contributed by atoms with Crippen molar-refractivity contribution in [2.45, 2.75) is 30.5 Å². The second-order valence-electron chi connectivity index (χ2n) is 6.57. The van der Waals surface area contributed by atoms with Crippen LogP contribution in [0.2, 0.25) is 0 Å². The Kier molecular flexibility index (Phi) is 4.84. The summed E-state index contributed by atoms with van der Waals surface area (Å²) in [5.74, 6) is -0.664. The molecule has 3 rings (SSSR count). The Morgan fingerprint density at radius 1 is 1.00 bits per heavy atom. The fraction of sp³-hybridized carbons (Fsp3) is 0.250. The molecule has 0 bridgehead atoms. The minimum Gasteiger partial charge on any atom is -0.478 e. The summed E-state index contributed by atoms with van der Waals surface area (Å²) in [5, 5.41) is 0. The van der Waals surface area contributed by atoms with Crippen molar-refractivity contribution in [2.75, 3.05) is 6.26 Å². The molecular weight excluding hydrogens is 380 g/mol. The van der Waals surface area contributed by atoms with Gasteiger partial charge in [0.25, 0.3) is 0 Å². The maximum Gasteiger partial charge on any atom is 0.416 e. The zero-order valence-electron chi connectivity index (χ0n) is 14.8. The van der Waals surface area contributed by atoms with Crippen LogP contribution in [0, 0.1) is 5.82 Å². The number of ketones is 1. The highest BCUT2D eigenvalue weighted by Crippen LogP contribution is 2.42. The quantitative estimate of drug-likeness (QED) is 0.484. The average molecular weight is 396 g/mol. The maximum absolute atomic E-state index is 14.2. The van der Waals surface area contributed by atoms with Crippen LogP contribution in [-0.4, -0.2) is 17.6 Å². The van der Waals surface area contributed by atoms with E-state index in [2.05, 4.69) is 0 Å². The van der Waals surface area contributed by atoms with Gasteiger partial charge in [-0.3, -0.25) is 4.79 Å². The molecule has 1 heterocycles. The highest BCUT2D eigenvalue weighted by Gasteiger charge is 2.43. The van der Waals surface area contributed by atoms with E-state index in [0.29, 0.717) is 16.0 Å². The molecule has 1 aliphatic rings. The lowest BCUT2D eigenvalue weighted by molar-refractivity contribution is -0.137. The van der Waals surface area contributed by atoms with Gasteiger partial charge in [-0.2, -0.15) is 13.2 Å². The van der Waals surface area contributed by atoms with Crippen LogP contribution in [0.5, 0.6) is 0 Å². The number of alkyl halides is 3. The van der Waals surface area contributed by atoms with Gasteiger partial charge in [-0.15, -0.1) is 11.8 Å². The summed E-state index contributed by atoms with van der Waals surface area (Å²) in [5.41, 5.74) is -1.20. The van der Waals surface area contributed by atoms with Gasteiger partial charge in [0.1, 0.15) is 11.6 Å². The molecule has 0 aromatic heterocycles. The summed E-state index contributed by atoms with van der Waals surface area (Å²) in [7, 11) is 0. The first-order valence-electron chi connectivity index (χ1n) is 8.04. The van der Waals surface area contributed by atoms with Gasteiger partial charge in [0, 0.05) is 10.5 Å². The van der Waals surface area contributed by atoms with E-state index in [9.17, 15) is 22.4 Å². The normalized spacial score (nSPS) is 16.6. The summed E-state index contributed by atoms with van der Waals surface area (Å²) < 4.78 is 58.4. The lowest BCUT2D eigenvalue weighted by Gasteiger charge is -2.18. The van der Waals surface area contributed by atoms with Crippen molar-refractivity contribution < 1.29 is 27.1 Å². The lowest BCUT2D eigenvalue weighted by atomic mass is 9.92. The number of benzene rings is 2. The molecule has 0 saturated heterocycles. The minimum absolute atomic E-state index is 0.144. The van der Waals surface area contributed by atoms with Crippen molar-refractivity contribution in [1.82, 2.24) is 0 Å². The molecule has 27 heavy (non-hydrogen) atoms. The molecule has 0 N–H and O–H groups in total. The van der Waals surface area contributed by atoms with Crippen molar-refractivity contribution in [2.24, 2.45) is 0 Å². The van der Waals surface area contributed by atoms with Crippen LogP contribution in [-0.2, 0) is 15.7 Å². The summed E-state index contributed by atoms with van der Waals surface area (Å²) in [6, 6.07) is 8.75. The van der Waals surface area contributed by atoms with Gasteiger partial charge in [0.2, 0.25) is 5.78 Å². The molecule has 2 aromatic carbocycles. The number of hydrogen-bond donors (Lipinski definition) is 0. The number of halogens is 4. The van der Waals surface area contributed by atoms with Crippen LogP contribution in [0.25, 0.3) is 11.3 Å². The number of thioether (sulfide) groups is 1. The number of hydrogen-bond acceptors (Lipinski definition) is 3. The summed E-state index contributed by atoms with van der Waals surface area (Å²) >= 11 is 1.24. The van der Waals surface area contributed by atoms with Crippen molar-refractivity contribution in [3.05, 3.63) is 65.0 Å². The number of carbonyl (C=O) groups is 1. The highest BCUT2D eigenvalue weighted by molar-refractivity contribution is 7.98. The topological polar surface area (TPSA) is 26.3 Å². The average Bonchev–Trinajstić information content (AvgIpc) is 2.84. The van der Waals surface area contributed by atoms with Gasteiger partial charge in [0.05, 0.1) is 11.1 Å². The number of Topliss-reactive ketones (excluding diaryl/α,β-unsaturated/α-hetero) is 1. The van der Waals surface area contributed by atoms with Crippen molar-refractivity contribution in [3.8, 4) is 0 Å². The molecule has 0 fully saturated rings. The fourth-order valence-electron chi connectivity index (χ4n) is 2.86. The Balaban J connectivity index is 2.14. The zero-order chi connectivity index (χ0) is 20.0. The van der Waals surface area contributed by atoms with Gasteiger partial charge >= 0.3 is 6.18 Å². The van der Waals surface area contributed by atoms with Gasteiger partial charge in [0.15, 0.2) is 5.60 Å². The Morgan fingerprint density at radius 2 is 1.59 bits per heavy atom. The van der Waals surface area contributed by atoms with E-state index < -0.39 is 23.2 Å². The second-order valence-corrected chi connectivity index (χ2v) is 7.42. The predicted molar refractivity (Wildman–Crippen MR) is 96.6 cm³/mol. The van der Waals surface area contributed by atoms with Crippen LogP contribution < -0.4 is 0 Å². The fourth-order valence-corrected chi connectivity index (χ4v) is 3.31. The summed E-state index contributed by atoms with van der Waals surface area (Å²) in [6.07, 6.45) is -2.73. The molecule has 2 nitrogen and oxygen atoms in total. The molecule has 0 radical (unpaired) electrons. The highest BCUT2D eigenvalue weighted by atomic mass is 32.2. The molecule has 1 aliphatic heterocycles. The Morgan fingerprint density at radius 3 is 2.11 bits per heavy atom. The first kappa shape index (κ1) is 19.5. The summed E-state index contributed by atoms with van der Waals surface area (Å²) in [4.78, 5) is 13.2. The Bertz CT molecular complexity index is 928. The van der Waals surface area contributed by atoms with Crippen molar-refractivity contribution in [1.29, 1.82) is 0 Å². The molecule has 0 unspecified atom stereocenters. The maximum atomic E-state index is 14.2. The molecule has 7 heteroatoms. The van der Waals surface area contributed by atoms with Crippen LogP contribution in [0.4, 0.5) is 17.6 Å². The van der Waals surface area contributed by atoms with E-state index in [1.54, 1.807) is 32.2 Å². The van der Waals surface area contributed by atoms with Crippen LogP contribution in [0.15, 0.2) is 47.4 Å². The Labute approximate surface area is 158 Å². The number of carbonyl (C=O) groups excluding carboxylic acids is 1. The van der Waals surface area contributed by atoms with E-state index in [-0.39, 0.29) is 17.1 Å². The largest absolute Gasteiger partial charge is 0.478 e. The lowest BCUT2D eigenvalue weighted by Crippen LogP contribution is -2.29. The monoisotopic (exact) mass is 396 g/mol. The molecule has 0 amide bonds. The SMILES string of the molecule is CSc1ccc(C2=C(c3ccc(C(F)(F)F)cc3)C(=O)C(C)(C)O2)cc1F. The zero-order valence-corrected chi connectivity index (χ0v) is 15.6. The molecule has 0 atom stereocenters. The van der Waals surface area contributed by atoms with Gasteiger partial charge < -0.3 is 4.74 Å². The molecule has 0 saturated carbocycles. The first-order chi connectivity index (χ1) is 12.5. The van der Waals surface area contributed by atoms with Crippen LogP contribution >= 0.6 is 11.8 Å². The third-order valence-electron chi connectivity index (χ3n) is 4.27. The van der Waals surface area contributed by atoms with Gasteiger partial charge in [-0.25, -0.2) is 4.39 Å². The van der Waals surface area contributed by atoms with Crippen LogP contribution in [0.3, 0.4) is 0 Å². The second kappa shape index (κ2) is 6.71. The van der Waals surface area contributed by atoms with E-state index in [4.69, 9.17) is 4.74 Å². The van der Waals surface area contributed by atoms with Gasteiger partial charge in [-0.1, -0.05) is 12.1 Å². The van der Waals surface area contributed by atoms with E-state index in [0.717, 1.165) is 12.1 Å². The van der Waals surface area contributed by atoms with E-state index >= 15 is 0 Å². The summed E-state index contributed by atoms with van der Waals surface area (Å²) in [6.45, 7) is 3.14. The van der Waals surface area contributed by atoms with Crippen molar-refractivity contribution >= 4 is 28.9 Å². The standard InChI is InChI=1S/C20H16F4O2S/c1-19(2)18(25)16(11-4-7-13(8-5-11)20(22,23)24)17(26-19)12-6-9-15(27-3)14(21)10-12/h4-10H,1-3H3. The minimum atomic E-state index is -4.47. The molecule has 0 spiro atoms. The van der Waals surface area contributed by atoms with Crippen molar-refractivity contribution in [3.63, 3.8) is 0 Å². The molecule has 0 aliphatic carbocycles. The predicted octanol–water partition coefficient (Wildman–Crippen LogP) is 5.81. The third kappa shape index (κ3) is 3.60. The smallest absolute Gasteiger partial charge is 0.416 e. The van der Waals surface area contributed by atoms with E-state index in [1.807, 2.05) is 0 Å². The third-order valence-corrected chi connectivity index (χ3v) is 5.04. The number of rotatable bonds is 3. The molecule has 2 aromatic rings. The Hall–Kier alpha value is -2.28. The molecule has 142 valence electrons.